The van der Waals surface area contributed by atoms with Gasteiger partial charge in [-0.1, -0.05) is 0 Å². The summed E-state index contributed by atoms with van der Waals surface area (Å²) >= 11 is 1.19. The second kappa shape index (κ2) is 4.39. The van der Waals surface area contributed by atoms with E-state index in [1.54, 1.807) is 26.2 Å². The van der Waals surface area contributed by atoms with E-state index in [4.69, 9.17) is 4.74 Å². The molecule has 1 aromatic heterocycles. The highest BCUT2D eigenvalue weighted by atomic mass is 32.1. The van der Waals surface area contributed by atoms with Crippen LogP contribution in [-0.2, 0) is 9.53 Å². The minimum absolute atomic E-state index is 0.305. The van der Waals surface area contributed by atoms with Crippen LogP contribution in [0.15, 0.2) is 11.6 Å². The predicted octanol–water partition coefficient (Wildman–Crippen LogP) is 2.04. The highest BCUT2D eigenvalue weighted by molar-refractivity contribution is 7.14. The van der Waals surface area contributed by atoms with Crippen molar-refractivity contribution in [3.05, 3.63) is 11.6 Å². The van der Waals surface area contributed by atoms with Crippen molar-refractivity contribution in [1.29, 1.82) is 0 Å². The van der Waals surface area contributed by atoms with Gasteiger partial charge in [0, 0.05) is 11.6 Å². The highest BCUT2D eigenvalue weighted by Crippen LogP contribution is 2.18. The zero-order valence-electron chi connectivity index (χ0n) is 8.76. The minimum Gasteiger partial charge on any atom is -0.443 e. The van der Waals surface area contributed by atoms with Crippen molar-refractivity contribution in [3.8, 4) is 0 Å². The summed E-state index contributed by atoms with van der Waals surface area (Å²) in [5.41, 5.74) is -0.629. The molecular formula is C9H12N2O3S. The van der Waals surface area contributed by atoms with Gasteiger partial charge in [-0.25, -0.2) is 9.78 Å². The van der Waals surface area contributed by atoms with Crippen molar-refractivity contribution in [2.75, 3.05) is 4.90 Å². The molecule has 0 atom stereocenters. The molecule has 1 rings (SSSR count). The van der Waals surface area contributed by atoms with Crippen molar-refractivity contribution < 1.29 is 14.3 Å². The zero-order chi connectivity index (χ0) is 11.5. The minimum atomic E-state index is -0.715. The number of imide groups is 1. The largest absolute Gasteiger partial charge is 0.443 e. The molecule has 0 fully saturated rings. The molecule has 0 radical (unpaired) electrons. The molecule has 0 unspecified atom stereocenters. The van der Waals surface area contributed by atoms with Gasteiger partial charge in [0.05, 0.1) is 0 Å². The Balaban J connectivity index is 2.77. The predicted molar refractivity (Wildman–Crippen MR) is 56.9 cm³/mol. The van der Waals surface area contributed by atoms with E-state index in [1.807, 2.05) is 0 Å². The molecule has 15 heavy (non-hydrogen) atoms. The van der Waals surface area contributed by atoms with Gasteiger partial charge in [-0.15, -0.1) is 11.3 Å². The van der Waals surface area contributed by atoms with Crippen molar-refractivity contribution >= 4 is 29.0 Å². The normalized spacial score (nSPS) is 10.9. The molecule has 0 aliphatic carbocycles. The summed E-state index contributed by atoms with van der Waals surface area (Å²) in [4.78, 5) is 26.9. The Hall–Kier alpha value is -1.43. The molecule has 0 aliphatic heterocycles. The molecule has 6 heteroatoms. The van der Waals surface area contributed by atoms with E-state index in [-0.39, 0.29) is 0 Å². The fourth-order valence-corrected chi connectivity index (χ4v) is 1.41. The summed E-state index contributed by atoms with van der Waals surface area (Å²) in [7, 11) is 0. The number of rotatable bonds is 2. The van der Waals surface area contributed by atoms with Crippen LogP contribution < -0.4 is 4.90 Å². The Kier molecular flexibility index (Phi) is 3.41. The van der Waals surface area contributed by atoms with Crippen LogP contribution in [0, 0.1) is 0 Å². The topological polar surface area (TPSA) is 59.5 Å². The fraction of sp³-hybridized carbons (Fsp3) is 0.444. The van der Waals surface area contributed by atoms with Crippen molar-refractivity contribution in [2.24, 2.45) is 0 Å². The van der Waals surface area contributed by atoms with Gasteiger partial charge in [-0.05, 0) is 20.8 Å². The smallest absolute Gasteiger partial charge is 0.423 e. The first-order valence-electron chi connectivity index (χ1n) is 4.31. The van der Waals surface area contributed by atoms with Crippen LogP contribution in [0.1, 0.15) is 20.8 Å². The lowest BCUT2D eigenvalue weighted by Gasteiger charge is -2.22. The maximum absolute atomic E-state index is 11.5. The second-order valence-electron chi connectivity index (χ2n) is 3.77. The highest BCUT2D eigenvalue weighted by Gasteiger charge is 2.24. The maximum atomic E-state index is 11.5. The third kappa shape index (κ3) is 3.32. The number of carbonyl (C=O) groups is 2. The van der Waals surface area contributed by atoms with E-state index in [2.05, 4.69) is 4.98 Å². The maximum Gasteiger partial charge on any atom is 0.423 e. The SMILES string of the molecule is CC(C)(C)OC(=O)N(C=O)c1nccs1. The van der Waals surface area contributed by atoms with Gasteiger partial charge in [0.15, 0.2) is 0 Å². The van der Waals surface area contributed by atoms with Gasteiger partial charge in [0.25, 0.3) is 0 Å². The Morgan fingerprint density at radius 1 is 1.60 bits per heavy atom. The Labute approximate surface area is 91.7 Å². The molecule has 0 N–H and O–H groups in total. The summed E-state index contributed by atoms with van der Waals surface area (Å²) in [6.45, 7) is 5.20. The summed E-state index contributed by atoms with van der Waals surface area (Å²) in [5, 5.41) is 1.98. The second-order valence-corrected chi connectivity index (χ2v) is 4.64. The Morgan fingerprint density at radius 2 is 2.27 bits per heavy atom. The number of hydrogen-bond acceptors (Lipinski definition) is 5. The summed E-state index contributed by atoms with van der Waals surface area (Å²) in [6.07, 6.45) is 1.20. The molecule has 1 aromatic rings. The number of hydrogen-bond donors (Lipinski definition) is 0. The average Bonchev–Trinajstić information content (AvgIpc) is 2.54. The molecule has 0 aromatic carbocycles. The molecule has 0 saturated heterocycles. The van der Waals surface area contributed by atoms with Crippen LogP contribution in [0.5, 0.6) is 0 Å². The average molecular weight is 228 g/mol. The number of anilines is 1. The van der Waals surface area contributed by atoms with E-state index in [1.165, 1.54) is 17.5 Å². The van der Waals surface area contributed by atoms with Crippen LogP contribution in [0.3, 0.4) is 0 Å². The zero-order valence-corrected chi connectivity index (χ0v) is 9.58. The fourth-order valence-electron chi connectivity index (χ4n) is 0.812. The molecule has 2 amide bonds. The number of carbonyl (C=O) groups excluding carboxylic acids is 2. The van der Waals surface area contributed by atoms with E-state index in [9.17, 15) is 9.59 Å². The standard InChI is InChI=1S/C9H12N2O3S/c1-9(2,3)14-8(13)11(6-12)7-10-4-5-15-7/h4-6H,1-3H3. The molecule has 82 valence electrons. The molecule has 0 spiro atoms. The van der Waals surface area contributed by atoms with Gasteiger partial charge >= 0.3 is 6.09 Å². The molecule has 0 aliphatic rings. The van der Waals surface area contributed by atoms with Gasteiger partial charge in [0.1, 0.15) is 5.60 Å². The van der Waals surface area contributed by atoms with Crippen LogP contribution in [0.2, 0.25) is 0 Å². The van der Waals surface area contributed by atoms with Crippen molar-refractivity contribution in [1.82, 2.24) is 4.98 Å². The Bertz CT molecular complexity index is 343. The van der Waals surface area contributed by atoms with E-state index in [0.29, 0.717) is 11.5 Å². The molecular weight excluding hydrogens is 216 g/mol. The van der Waals surface area contributed by atoms with Crippen LogP contribution in [-0.4, -0.2) is 23.1 Å². The van der Waals surface area contributed by atoms with Crippen molar-refractivity contribution in [3.63, 3.8) is 0 Å². The van der Waals surface area contributed by atoms with E-state index >= 15 is 0 Å². The first kappa shape index (κ1) is 11.6. The van der Waals surface area contributed by atoms with Crippen LogP contribution >= 0.6 is 11.3 Å². The van der Waals surface area contributed by atoms with Crippen LogP contribution in [0.4, 0.5) is 9.93 Å². The van der Waals surface area contributed by atoms with Gasteiger partial charge in [-0.2, -0.15) is 4.90 Å². The van der Waals surface area contributed by atoms with Crippen molar-refractivity contribution in [2.45, 2.75) is 26.4 Å². The quantitative estimate of drug-likeness (QED) is 0.727. The van der Waals surface area contributed by atoms with Gasteiger partial charge in [-0.3, -0.25) is 4.79 Å². The lowest BCUT2D eigenvalue weighted by Crippen LogP contribution is -2.35. The number of amides is 2. The molecule has 0 saturated carbocycles. The van der Waals surface area contributed by atoms with E-state index in [0.717, 1.165) is 4.90 Å². The number of aromatic nitrogens is 1. The monoisotopic (exact) mass is 228 g/mol. The Morgan fingerprint density at radius 3 is 2.67 bits per heavy atom. The molecule has 0 bridgehead atoms. The first-order chi connectivity index (χ1) is 6.94. The first-order valence-corrected chi connectivity index (χ1v) is 5.19. The number of ether oxygens (including phenoxy) is 1. The lowest BCUT2D eigenvalue weighted by molar-refractivity contribution is -0.107. The third-order valence-electron chi connectivity index (χ3n) is 1.32. The van der Waals surface area contributed by atoms with Gasteiger partial charge < -0.3 is 4.74 Å². The number of thiazole rings is 1. The molecule has 1 heterocycles. The summed E-state index contributed by atoms with van der Waals surface area (Å²) in [5.74, 6) is 0. The van der Waals surface area contributed by atoms with Gasteiger partial charge in [0.2, 0.25) is 11.5 Å². The number of nitrogens with zero attached hydrogens (tertiary/aromatic N) is 2. The summed E-state index contributed by atoms with van der Waals surface area (Å²) < 4.78 is 5.04. The summed E-state index contributed by atoms with van der Waals surface area (Å²) in [6, 6.07) is 0. The van der Waals surface area contributed by atoms with Crippen LogP contribution in [0.25, 0.3) is 0 Å². The molecule has 5 nitrogen and oxygen atoms in total. The van der Waals surface area contributed by atoms with E-state index < -0.39 is 11.7 Å². The lowest BCUT2D eigenvalue weighted by atomic mass is 10.2. The third-order valence-corrected chi connectivity index (χ3v) is 2.09.